The van der Waals surface area contributed by atoms with E-state index >= 15 is 0 Å². The molecule has 1 aromatic carbocycles. The second-order valence-electron chi connectivity index (χ2n) is 9.81. The molecule has 164 valence electrons. The first-order valence-electron chi connectivity index (χ1n) is 11.4. The molecule has 4 nitrogen and oxygen atoms in total. The molecule has 6 heteroatoms. The number of halogens is 1. The molecule has 4 aliphatic rings. The number of rotatable bonds is 7. The Morgan fingerprint density at radius 2 is 1.65 bits per heavy atom. The molecule has 31 heavy (non-hydrogen) atoms. The molecule has 6 rings (SSSR count). The molecule has 4 bridgehead atoms. The first-order chi connectivity index (χ1) is 15.0. The van der Waals surface area contributed by atoms with Crippen LogP contribution in [-0.2, 0) is 9.59 Å². The minimum atomic E-state index is -0.213. The van der Waals surface area contributed by atoms with Crippen molar-refractivity contribution >= 4 is 34.8 Å². The monoisotopic (exact) mass is 456 g/mol. The standard InChI is InChI=1S/C25H29ClN2O2S/c26-21-3-1-19(2-4-21)23(20-6-8-31-15-20)28-22(29)5-7-27-24(30)25-12-16-9-17(13-25)11-18(10-16)14-25/h1-4,6,8,15-18,23H,5,7,9-14H2,(H,27,30)(H,28,29). The van der Waals surface area contributed by atoms with Gasteiger partial charge >= 0.3 is 0 Å². The smallest absolute Gasteiger partial charge is 0.226 e. The zero-order valence-corrected chi connectivity index (χ0v) is 19.2. The maximum atomic E-state index is 13.1. The van der Waals surface area contributed by atoms with Crippen molar-refractivity contribution in [3.8, 4) is 0 Å². The van der Waals surface area contributed by atoms with Crippen LogP contribution in [0.4, 0.5) is 0 Å². The average molecular weight is 457 g/mol. The SMILES string of the molecule is O=C(CCNC(=O)C12CC3CC(CC(C3)C1)C2)NC(c1ccc(Cl)cc1)c1ccsc1. The number of hydrogen-bond acceptors (Lipinski definition) is 3. The van der Waals surface area contributed by atoms with Gasteiger partial charge in [0.15, 0.2) is 0 Å². The third-order valence-corrected chi connectivity index (χ3v) is 8.50. The van der Waals surface area contributed by atoms with Crippen molar-refractivity contribution in [3.05, 3.63) is 57.2 Å². The summed E-state index contributed by atoms with van der Waals surface area (Å²) in [4.78, 5) is 25.8. The Balaban J connectivity index is 1.17. The van der Waals surface area contributed by atoms with Crippen molar-refractivity contribution < 1.29 is 9.59 Å². The lowest BCUT2D eigenvalue weighted by molar-refractivity contribution is -0.146. The molecule has 0 aliphatic heterocycles. The minimum Gasteiger partial charge on any atom is -0.355 e. The molecule has 1 atom stereocenters. The van der Waals surface area contributed by atoms with E-state index in [9.17, 15) is 9.59 Å². The van der Waals surface area contributed by atoms with Gasteiger partial charge in [0.25, 0.3) is 0 Å². The summed E-state index contributed by atoms with van der Waals surface area (Å²) in [5, 5.41) is 11.0. The highest BCUT2D eigenvalue weighted by molar-refractivity contribution is 7.08. The predicted molar refractivity (Wildman–Crippen MR) is 124 cm³/mol. The number of hydrogen-bond donors (Lipinski definition) is 2. The summed E-state index contributed by atoms with van der Waals surface area (Å²) in [6.07, 6.45) is 7.40. The van der Waals surface area contributed by atoms with E-state index in [-0.39, 0.29) is 29.7 Å². The summed E-state index contributed by atoms with van der Waals surface area (Å²) in [6.45, 7) is 0.392. The van der Waals surface area contributed by atoms with Gasteiger partial charge in [0, 0.05) is 23.4 Å². The van der Waals surface area contributed by atoms with E-state index < -0.39 is 0 Å². The highest BCUT2D eigenvalue weighted by Crippen LogP contribution is 2.60. The van der Waals surface area contributed by atoms with Crippen molar-refractivity contribution in [1.82, 2.24) is 10.6 Å². The predicted octanol–water partition coefficient (Wildman–Crippen LogP) is 5.33. The van der Waals surface area contributed by atoms with Gasteiger partial charge in [0.1, 0.15) is 0 Å². The van der Waals surface area contributed by atoms with Gasteiger partial charge in [-0.25, -0.2) is 0 Å². The van der Waals surface area contributed by atoms with E-state index in [0.717, 1.165) is 48.1 Å². The minimum absolute atomic E-state index is 0.0584. The lowest BCUT2D eigenvalue weighted by Gasteiger charge is -2.55. The molecule has 4 saturated carbocycles. The number of amides is 2. The number of carbonyl (C=O) groups excluding carboxylic acids is 2. The Hall–Kier alpha value is -1.85. The maximum absolute atomic E-state index is 13.1. The first kappa shape index (κ1) is 21.0. The molecule has 0 saturated heterocycles. The van der Waals surface area contributed by atoms with Gasteiger partial charge in [-0.1, -0.05) is 23.7 Å². The Morgan fingerprint density at radius 1 is 1.00 bits per heavy atom. The van der Waals surface area contributed by atoms with E-state index in [0.29, 0.717) is 11.6 Å². The molecular weight excluding hydrogens is 428 g/mol. The Bertz CT molecular complexity index is 906. The molecule has 4 aliphatic carbocycles. The molecular formula is C25H29ClN2O2S. The Labute approximate surface area is 192 Å². The third-order valence-electron chi connectivity index (χ3n) is 7.54. The van der Waals surface area contributed by atoms with Gasteiger partial charge in [-0.2, -0.15) is 11.3 Å². The maximum Gasteiger partial charge on any atom is 0.226 e. The topological polar surface area (TPSA) is 58.2 Å². The van der Waals surface area contributed by atoms with Crippen LogP contribution in [0.1, 0.15) is 62.1 Å². The van der Waals surface area contributed by atoms with Crippen LogP contribution in [0.15, 0.2) is 41.1 Å². The molecule has 2 aromatic rings. The van der Waals surface area contributed by atoms with Crippen LogP contribution in [0.2, 0.25) is 5.02 Å². The molecule has 1 unspecified atom stereocenters. The summed E-state index contributed by atoms with van der Waals surface area (Å²) < 4.78 is 0. The van der Waals surface area contributed by atoms with Gasteiger partial charge in [0.2, 0.25) is 11.8 Å². The Kier molecular flexibility index (Phi) is 5.82. The van der Waals surface area contributed by atoms with E-state index in [4.69, 9.17) is 11.6 Å². The highest BCUT2D eigenvalue weighted by Gasteiger charge is 2.54. The fraction of sp³-hybridized carbons (Fsp3) is 0.520. The van der Waals surface area contributed by atoms with Crippen molar-refractivity contribution in [2.24, 2.45) is 23.2 Å². The lowest BCUT2D eigenvalue weighted by atomic mass is 9.49. The van der Waals surface area contributed by atoms with E-state index in [2.05, 4.69) is 10.6 Å². The molecule has 1 aromatic heterocycles. The molecule has 0 radical (unpaired) electrons. The van der Waals surface area contributed by atoms with Crippen molar-refractivity contribution in [2.75, 3.05) is 6.54 Å². The van der Waals surface area contributed by atoms with Crippen molar-refractivity contribution in [3.63, 3.8) is 0 Å². The molecule has 4 fully saturated rings. The van der Waals surface area contributed by atoms with Crippen LogP contribution in [0.25, 0.3) is 0 Å². The highest BCUT2D eigenvalue weighted by atomic mass is 35.5. The number of thiophene rings is 1. The van der Waals surface area contributed by atoms with Gasteiger partial charge in [-0.3, -0.25) is 9.59 Å². The fourth-order valence-electron chi connectivity index (χ4n) is 6.55. The molecule has 2 amide bonds. The largest absolute Gasteiger partial charge is 0.355 e. The molecule has 0 spiro atoms. The second kappa shape index (κ2) is 8.59. The number of nitrogens with one attached hydrogen (secondary N) is 2. The summed E-state index contributed by atoms with van der Waals surface area (Å²) in [6, 6.07) is 9.38. The second-order valence-corrected chi connectivity index (χ2v) is 11.0. The van der Waals surface area contributed by atoms with E-state index in [1.54, 1.807) is 11.3 Å². The number of carbonyl (C=O) groups is 2. The summed E-state index contributed by atoms with van der Waals surface area (Å²) in [5.41, 5.74) is 1.89. The Morgan fingerprint density at radius 3 is 2.23 bits per heavy atom. The van der Waals surface area contributed by atoms with Gasteiger partial charge < -0.3 is 10.6 Å². The van der Waals surface area contributed by atoms with Crippen LogP contribution >= 0.6 is 22.9 Å². The van der Waals surface area contributed by atoms with Crippen molar-refractivity contribution in [2.45, 2.75) is 51.0 Å². The summed E-state index contributed by atoms with van der Waals surface area (Å²) in [7, 11) is 0. The van der Waals surface area contributed by atoms with Gasteiger partial charge in [0.05, 0.1) is 6.04 Å². The summed E-state index contributed by atoms with van der Waals surface area (Å²) in [5.74, 6) is 2.35. The van der Waals surface area contributed by atoms with E-state index in [1.807, 2.05) is 41.1 Å². The number of benzene rings is 1. The first-order valence-corrected chi connectivity index (χ1v) is 12.7. The van der Waals surface area contributed by atoms with Gasteiger partial charge in [-0.05, 0) is 96.4 Å². The normalized spacial score (nSPS) is 29.5. The van der Waals surface area contributed by atoms with Crippen LogP contribution in [0.5, 0.6) is 0 Å². The zero-order valence-electron chi connectivity index (χ0n) is 17.6. The van der Waals surface area contributed by atoms with Gasteiger partial charge in [-0.15, -0.1) is 0 Å². The van der Waals surface area contributed by atoms with Crippen LogP contribution in [-0.4, -0.2) is 18.4 Å². The van der Waals surface area contributed by atoms with E-state index in [1.165, 1.54) is 19.3 Å². The molecule has 2 N–H and O–H groups in total. The molecule has 1 heterocycles. The third kappa shape index (κ3) is 4.40. The summed E-state index contributed by atoms with van der Waals surface area (Å²) >= 11 is 7.64. The van der Waals surface area contributed by atoms with Crippen LogP contribution in [0.3, 0.4) is 0 Å². The quantitative estimate of drug-likeness (QED) is 0.591. The fourth-order valence-corrected chi connectivity index (χ4v) is 7.36. The van der Waals surface area contributed by atoms with Crippen LogP contribution < -0.4 is 10.6 Å². The van der Waals surface area contributed by atoms with Crippen molar-refractivity contribution in [1.29, 1.82) is 0 Å². The van der Waals surface area contributed by atoms with Crippen LogP contribution in [0, 0.1) is 23.2 Å². The lowest BCUT2D eigenvalue weighted by Crippen LogP contribution is -2.53. The zero-order chi connectivity index (χ0) is 21.4. The average Bonchev–Trinajstić information content (AvgIpc) is 3.26.